The molecular weight excluding hydrogens is 312 g/mol. The third-order valence-electron chi connectivity index (χ3n) is 3.66. The van der Waals surface area contributed by atoms with E-state index in [1.807, 2.05) is 40.1 Å². The first-order valence-electron chi connectivity index (χ1n) is 7.84. The summed E-state index contributed by atoms with van der Waals surface area (Å²) in [5.74, 6) is 1.35. The van der Waals surface area contributed by atoms with Crippen LogP contribution in [0.15, 0.2) is 17.4 Å². The molecule has 0 bridgehead atoms. The second kappa shape index (κ2) is 7.38. The monoisotopic (exact) mass is 338 g/mol. The van der Waals surface area contributed by atoms with Crippen LogP contribution in [-0.2, 0) is 4.74 Å². The number of carbonyl (C=O) groups is 1. The van der Waals surface area contributed by atoms with Crippen molar-refractivity contribution in [3.8, 4) is 0 Å². The van der Waals surface area contributed by atoms with Gasteiger partial charge in [-0.15, -0.1) is 0 Å². The molecule has 0 radical (unpaired) electrons. The molecule has 1 fully saturated rings. The summed E-state index contributed by atoms with van der Waals surface area (Å²) in [7, 11) is 2.03. The molecule has 6 nitrogen and oxygen atoms in total. The third kappa shape index (κ3) is 5.27. The Morgan fingerprint density at radius 2 is 2.26 bits per heavy atom. The zero-order valence-electron chi connectivity index (χ0n) is 14.6. The molecule has 0 aromatic carbocycles. The Kier molecular flexibility index (Phi) is 5.73. The minimum atomic E-state index is -0.443. The summed E-state index contributed by atoms with van der Waals surface area (Å²) < 4.78 is 5.44. The fourth-order valence-corrected chi connectivity index (χ4v) is 2.95. The van der Waals surface area contributed by atoms with Gasteiger partial charge in [0.05, 0.1) is 0 Å². The van der Waals surface area contributed by atoms with E-state index in [4.69, 9.17) is 4.74 Å². The topological polar surface area (TPSA) is 58.6 Å². The lowest BCUT2D eigenvalue weighted by Crippen LogP contribution is -2.36. The van der Waals surface area contributed by atoms with Crippen molar-refractivity contribution in [1.82, 2.24) is 14.9 Å². The van der Waals surface area contributed by atoms with Crippen molar-refractivity contribution in [1.29, 1.82) is 0 Å². The van der Waals surface area contributed by atoms with Crippen LogP contribution in [-0.4, -0.2) is 59.5 Å². The Morgan fingerprint density at radius 1 is 1.52 bits per heavy atom. The van der Waals surface area contributed by atoms with Gasteiger partial charge >= 0.3 is 6.09 Å². The van der Waals surface area contributed by atoms with Crippen LogP contribution < -0.4 is 4.90 Å². The summed E-state index contributed by atoms with van der Waals surface area (Å²) in [6.07, 6.45) is 4.53. The second-order valence-corrected chi connectivity index (χ2v) is 7.64. The van der Waals surface area contributed by atoms with Crippen molar-refractivity contribution in [2.24, 2.45) is 5.92 Å². The van der Waals surface area contributed by atoms with Crippen molar-refractivity contribution in [3.63, 3.8) is 0 Å². The second-order valence-electron chi connectivity index (χ2n) is 6.86. The van der Waals surface area contributed by atoms with Crippen molar-refractivity contribution in [3.05, 3.63) is 12.3 Å². The van der Waals surface area contributed by atoms with E-state index in [1.54, 1.807) is 11.1 Å². The minimum Gasteiger partial charge on any atom is -0.444 e. The van der Waals surface area contributed by atoms with Crippen molar-refractivity contribution < 1.29 is 9.53 Å². The summed E-state index contributed by atoms with van der Waals surface area (Å²) in [6, 6.07) is 1.92. The zero-order chi connectivity index (χ0) is 17.0. The molecule has 0 aliphatic carbocycles. The van der Waals surface area contributed by atoms with Crippen molar-refractivity contribution in [2.45, 2.75) is 37.9 Å². The standard InChI is InChI=1S/C16H26N4O2S/c1-16(2,3)22-15(21)20-9-7-12(11-20)10-19(4)13-6-8-17-14(18-13)23-5/h6,8,12H,7,9-11H2,1-5H3/t12-/m1/s1. The quantitative estimate of drug-likeness (QED) is 0.621. The molecule has 1 aromatic heterocycles. The molecule has 128 valence electrons. The van der Waals surface area contributed by atoms with E-state index in [0.717, 1.165) is 37.0 Å². The highest BCUT2D eigenvalue weighted by Gasteiger charge is 2.30. The Morgan fingerprint density at radius 3 is 2.91 bits per heavy atom. The number of rotatable bonds is 4. The number of likely N-dealkylation sites (tertiary alicyclic amines) is 1. The predicted molar refractivity (Wildman–Crippen MR) is 93.0 cm³/mol. The van der Waals surface area contributed by atoms with Gasteiger partial charge < -0.3 is 14.5 Å². The average molecular weight is 338 g/mol. The number of anilines is 1. The smallest absolute Gasteiger partial charge is 0.410 e. The minimum absolute atomic E-state index is 0.214. The SMILES string of the molecule is CSc1nccc(N(C)C[C@H]2CCN(C(=O)OC(C)(C)C)C2)n1. The van der Waals surface area contributed by atoms with Gasteiger partial charge in [-0.2, -0.15) is 0 Å². The van der Waals surface area contributed by atoms with Crippen LogP contribution in [0.25, 0.3) is 0 Å². The molecular formula is C16H26N4O2S. The van der Waals surface area contributed by atoms with Gasteiger partial charge in [0.25, 0.3) is 0 Å². The highest BCUT2D eigenvalue weighted by Crippen LogP contribution is 2.22. The van der Waals surface area contributed by atoms with Gasteiger partial charge in [0.1, 0.15) is 11.4 Å². The molecule has 0 unspecified atom stereocenters. The number of ether oxygens (including phenoxy) is 1. The van der Waals surface area contributed by atoms with Crippen LogP contribution in [0.2, 0.25) is 0 Å². The van der Waals surface area contributed by atoms with Crippen LogP contribution >= 0.6 is 11.8 Å². The molecule has 0 N–H and O–H groups in total. The number of nitrogens with zero attached hydrogens (tertiary/aromatic N) is 4. The Labute approximate surface area is 142 Å². The van der Waals surface area contributed by atoms with E-state index in [2.05, 4.69) is 14.9 Å². The summed E-state index contributed by atoms with van der Waals surface area (Å²) >= 11 is 1.53. The lowest BCUT2D eigenvalue weighted by atomic mass is 10.1. The number of carbonyl (C=O) groups excluding carboxylic acids is 1. The maximum absolute atomic E-state index is 12.1. The molecule has 2 rings (SSSR count). The number of hydrogen-bond donors (Lipinski definition) is 0. The van der Waals surface area contributed by atoms with Crippen LogP contribution in [0.4, 0.5) is 10.6 Å². The first kappa shape index (κ1) is 17.8. The number of thioether (sulfide) groups is 1. The molecule has 1 amide bonds. The van der Waals surface area contributed by atoms with E-state index >= 15 is 0 Å². The zero-order valence-corrected chi connectivity index (χ0v) is 15.4. The summed E-state index contributed by atoms with van der Waals surface area (Å²) in [4.78, 5) is 24.8. The normalized spacial score (nSPS) is 18.1. The molecule has 2 heterocycles. The molecule has 0 spiro atoms. The molecule has 7 heteroatoms. The van der Waals surface area contributed by atoms with Gasteiger partial charge in [-0.25, -0.2) is 14.8 Å². The van der Waals surface area contributed by atoms with E-state index in [-0.39, 0.29) is 6.09 Å². The van der Waals surface area contributed by atoms with E-state index in [1.165, 1.54) is 11.8 Å². The summed E-state index contributed by atoms with van der Waals surface area (Å²) in [6.45, 7) is 8.04. The predicted octanol–water partition coefficient (Wildman–Crippen LogP) is 2.89. The van der Waals surface area contributed by atoms with Gasteiger partial charge in [-0.05, 0) is 45.4 Å². The van der Waals surface area contributed by atoms with Crippen molar-refractivity contribution >= 4 is 23.7 Å². The third-order valence-corrected chi connectivity index (χ3v) is 4.22. The lowest BCUT2D eigenvalue weighted by Gasteiger charge is -2.25. The molecule has 1 aromatic rings. The van der Waals surface area contributed by atoms with Gasteiger partial charge in [-0.1, -0.05) is 11.8 Å². The van der Waals surface area contributed by atoms with Crippen molar-refractivity contribution in [2.75, 3.05) is 37.8 Å². The van der Waals surface area contributed by atoms with E-state index < -0.39 is 5.60 Å². The lowest BCUT2D eigenvalue weighted by molar-refractivity contribution is 0.0288. The van der Waals surface area contributed by atoms with Gasteiger partial charge in [0.2, 0.25) is 0 Å². The molecule has 1 aliphatic heterocycles. The molecule has 23 heavy (non-hydrogen) atoms. The van der Waals surface area contributed by atoms with E-state index in [0.29, 0.717) is 5.92 Å². The molecule has 1 atom stereocenters. The summed E-state index contributed by atoms with van der Waals surface area (Å²) in [5, 5.41) is 0.774. The number of aromatic nitrogens is 2. The highest BCUT2D eigenvalue weighted by atomic mass is 32.2. The first-order chi connectivity index (χ1) is 10.8. The maximum atomic E-state index is 12.1. The Hall–Kier alpha value is -1.50. The largest absolute Gasteiger partial charge is 0.444 e. The number of amides is 1. The van der Waals surface area contributed by atoms with Gasteiger partial charge in [0.15, 0.2) is 5.16 Å². The maximum Gasteiger partial charge on any atom is 0.410 e. The van der Waals surface area contributed by atoms with E-state index in [9.17, 15) is 4.79 Å². The van der Waals surface area contributed by atoms with Crippen LogP contribution in [0.3, 0.4) is 0 Å². The number of hydrogen-bond acceptors (Lipinski definition) is 6. The fourth-order valence-electron chi connectivity index (χ4n) is 2.60. The van der Waals surface area contributed by atoms with Crippen LogP contribution in [0.1, 0.15) is 27.2 Å². The first-order valence-corrected chi connectivity index (χ1v) is 9.07. The van der Waals surface area contributed by atoms with Crippen LogP contribution in [0.5, 0.6) is 0 Å². The fraction of sp³-hybridized carbons (Fsp3) is 0.688. The summed E-state index contributed by atoms with van der Waals surface area (Å²) in [5.41, 5.74) is -0.443. The molecule has 1 saturated heterocycles. The molecule has 0 saturated carbocycles. The van der Waals surface area contributed by atoms with Crippen LogP contribution in [0, 0.1) is 5.92 Å². The average Bonchev–Trinajstić information content (AvgIpc) is 2.94. The van der Waals surface area contributed by atoms with Gasteiger partial charge in [0, 0.05) is 32.9 Å². The Bertz CT molecular complexity index is 547. The molecule has 1 aliphatic rings. The van der Waals surface area contributed by atoms with Gasteiger partial charge in [-0.3, -0.25) is 0 Å². The highest BCUT2D eigenvalue weighted by molar-refractivity contribution is 7.98. The Balaban J connectivity index is 1.88.